The predicted molar refractivity (Wildman–Crippen MR) is 57.4 cm³/mol. The molecular formula is C11H23NO2. The van der Waals surface area contributed by atoms with Gasteiger partial charge in [0.25, 0.3) is 0 Å². The van der Waals surface area contributed by atoms with E-state index in [2.05, 4.69) is 18.7 Å². The molecule has 0 amide bonds. The number of hydrogen-bond donors (Lipinski definition) is 1. The topological polar surface area (TPSA) is 32.7 Å². The lowest BCUT2D eigenvalue weighted by atomic mass is 9.92. The molecule has 1 heterocycles. The number of likely N-dealkylation sites (tertiary alicyclic amines) is 1. The number of hydrogen-bond acceptors (Lipinski definition) is 3. The first-order chi connectivity index (χ1) is 6.76. The first-order valence-electron chi connectivity index (χ1n) is 5.73. The van der Waals surface area contributed by atoms with Gasteiger partial charge in [-0.3, -0.25) is 0 Å². The van der Waals surface area contributed by atoms with E-state index in [0.29, 0.717) is 0 Å². The van der Waals surface area contributed by atoms with Crippen LogP contribution in [0.3, 0.4) is 0 Å². The standard InChI is InChI=1S/C11H23NO2/c1-3-9-14-11(10-13)5-7-12(4-2)8-6-11/h13H,3-10H2,1-2H3. The maximum atomic E-state index is 9.38. The quantitative estimate of drug-likeness (QED) is 0.727. The van der Waals surface area contributed by atoms with Crippen molar-refractivity contribution in [1.29, 1.82) is 0 Å². The molecule has 0 spiro atoms. The number of aliphatic hydroxyl groups excluding tert-OH is 1. The van der Waals surface area contributed by atoms with Crippen molar-refractivity contribution < 1.29 is 9.84 Å². The van der Waals surface area contributed by atoms with Gasteiger partial charge in [0.05, 0.1) is 12.2 Å². The molecule has 0 radical (unpaired) electrons. The Morgan fingerprint density at radius 3 is 2.36 bits per heavy atom. The Balaban J connectivity index is 2.39. The highest BCUT2D eigenvalue weighted by molar-refractivity contribution is 4.86. The average molecular weight is 201 g/mol. The van der Waals surface area contributed by atoms with Crippen molar-refractivity contribution in [1.82, 2.24) is 4.90 Å². The van der Waals surface area contributed by atoms with Gasteiger partial charge >= 0.3 is 0 Å². The fourth-order valence-corrected chi connectivity index (χ4v) is 1.94. The van der Waals surface area contributed by atoms with Gasteiger partial charge in [0.2, 0.25) is 0 Å². The van der Waals surface area contributed by atoms with E-state index >= 15 is 0 Å². The lowest BCUT2D eigenvalue weighted by Gasteiger charge is -2.40. The van der Waals surface area contributed by atoms with E-state index in [1.807, 2.05) is 0 Å². The number of rotatable bonds is 5. The molecule has 0 atom stereocenters. The third-order valence-electron chi connectivity index (χ3n) is 3.12. The summed E-state index contributed by atoms with van der Waals surface area (Å²) in [6, 6.07) is 0. The van der Waals surface area contributed by atoms with Gasteiger partial charge in [0.15, 0.2) is 0 Å². The molecule has 0 unspecified atom stereocenters. The molecule has 0 aromatic rings. The van der Waals surface area contributed by atoms with Crippen LogP contribution in [-0.2, 0) is 4.74 Å². The van der Waals surface area contributed by atoms with E-state index in [0.717, 1.165) is 45.5 Å². The molecule has 1 fully saturated rings. The molecule has 1 aliphatic heterocycles. The van der Waals surface area contributed by atoms with Crippen molar-refractivity contribution >= 4 is 0 Å². The average Bonchev–Trinajstić information content (AvgIpc) is 2.27. The second kappa shape index (κ2) is 5.69. The molecule has 0 aromatic heterocycles. The van der Waals surface area contributed by atoms with E-state index in [1.54, 1.807) is 0 Å². The second-order valence-corrected chi connectivity index (χ2v) is 4.12. The van der Waals surface area contributed by atoms with Crippen LogP contribution in [0.5, 0.6) is 0 Å². The van der Waals surface area contributed by atoms with Crippen LogP contribution in [0.15, 0.2) is 0 Å². The highest BCUT2D eigenvalue weighted by Gasteiger charge is 2.34. The van der Waals surface area contributed by atoms with Crippen molar-refractivity contribution in [3.05, 3.63) is 0 Å². The highest BCUT2D eigenvalue weighted by atomic mass is 16.5. The van der Waals surface area contributed by atoms with E-state index in [9.17, 15) is 5.11 Å². The summed E-state index contributed by atoms with van der Waals surface area (Å²) in [5.41, 5.74) is -0.234. The molecule has 1 saturated heterocycles. The minimum absolute atomic E-state index is 0.171. The van der Waals surface area contributed by atoms with Crippen LogP contribution in [0.4, 0.5) is 0 Å². The van der Waals surface area contributed by atoms with E-state index in [-0.39, 0.29) is 12.2 Å². The summed E-state index contributed by atoms with van der Waals surface area (Å²) in [6.07, 6.45) is 2.97. The number of ether oxygens (including phenoxy) is 1. The van der Waals surface area contributed by atoms with Crippen molar-refractivity contribution in [2.45, 2.75) is 38.7 Å². The number of aliphatic hydroxyl groups is 1. The van der Waals surface area contributed by atoms with Crippen LogP contribution >= 0.6 is 0 Å². The molecule has 1 aliphatic rings. The second-order valence-electron chi connectivity index (χ2n) is 4.12. The van der Waals surface area contributed by atoms with Crippen molar-refractivity contribution in [2.24, 2.45) is 0 Å². The summed E-state index contributed by atoms with van der Waals surface area (Å²) in [5.74, 6) is 0. The van der Waals surface area contributed by atoms with Crippen molar-refractivity contribution in [3.63, 3.8) is 0 Å². The molecular weight excluding hydrogens is 178 g/mol. The zero-order valence-corrected chi connectivity index (χ0v) is 9.46. The lowest BCUT2D eigenvalue weighted by Crippen LogP contribution is -2.48. The highest BCUT2D eigenvalue weighted by Crippen LogP contribution is 2.25. The van der Waals surface area contributed by atoms with Gasteiger partial charge in [-0.2, -0.15) is 0 Å². The molecule has 14 heavy (non-hydrogen) atoms. The Kier molecular flexibility index (Phi) is 4.85. The van der Waals surface area contributed by atoms with E-state index < -0.39 is 0 Å². The summed E-state index contributed by atoms with van der Waals surface area (Å²) in [6.45, 7) is 8.44. The Labute approximate surface area is 87.1 Å². The molecule has 1 rings (SSSR count). The molecule has 0 bridgehead atoms. The normalized spacial score (nSPS) is 22.5. The van der Waals surface area contributed by atoms with Gasteiger partial charge in [-0.15, -0.1) is 0 Å². The third kappa shape index (κ3) is 2.94. The lowest BCUT2D eigenvalue weighted by molar-refractivity contribution is -0.111. The summed E-state index contributed by atoms with van der Waals surface area (Å²) < 4.78 is 5.79. The van der Waals surface area contributed by atoms with Crippen LogP contribution in [0, 0.1) is 0 Å². The fraction of sp³-hybridized carbons (Fsp3) is 1.00. The first-order valence-corrected chi connectivity index (χ1v) is 5.73. The Hall–Kier alpha value is -0.120. The van der Waals surface area contributed by atoms with Crippen LogP contribution in [0.1, 0.15) is 33.1 Å². The van der Waals surface area contributed by atoms with Gasteiger partial charge in [0.1, 0.15) is 0 Å². The first kappa shape index (κ1) is 12.0. The minimum atomic E-state index is -0.234. The zero-order valence-electron chi connectivity index (χ0n) is 9.46. The molecule has 3 nitrogen and oxygen atoms in total. The largest absolute Gasteiger partial charge is 0.393 e. The maximum Gasteiger partial charge on any atom is 0.0936 e. The zero-order chi connectivity index (χ0) is 10.4. The van der Waals surface area contributed by atoms with E-state index in [1.165, 1.54) is 0 Å². The van der Waals surface area contributed by atoms with Crippen molar-refractivity contribution in [3.8, 4) is 0 Å². The van der Waals surface area contributed by atoms with Gasteiger partial charge < -0.3 is 14.7 Å². The summed E-state index contributed by atoms with van der Waals surface area (Å²) in [5, 5.41) is 9.38. The Morgan fingerprint density at radius 2 is 1.93 bits per heavy atom. The fourth-order valence-electron chi connectivity index (χ4n) is 1.94. The monoisotopic (exact) mass is 201 g/mol. The van der Waals surface area contributed by atoms with Crippen LogP contribution in [0.2, 0.25) is 0 Å². The van der Waals surface area contributed by atoms with Crippen LogP contribution < -0.4 is 0 Å². The number of piperidine rings is 1. The molecule has 3 heteroatoms. The Bertz CT molecular complexity index is 153. The molecule has 84 valence electrons. The van der Waals surface area contributed by atoms with Gasteiger partial charge in [-0.05, 0) is 25.8 Å². The summed E-state index contributed by atoms with van der Waals surface area (Å²) in [4.78, 5) is 2.41. The smallest absolute Gasteiger partial charge is 0.0936 e. The van der Waals surface area contributed by atoms with E-state index in [4.69, 9.17) is 4.74 Å². The van der Waals surface area contributed by atoms with Gasteiger partial charge in [-0.25, -0.2) is 0 Å². The summed E-state index contributed by atoms with van der Waals surface area (Å²) >= 11 is 0. The summed E-state index contributed by atoms with van der Waals surface area (Å²) in [7, 11) is 0. The predicted octanol–water partition coefficient (Wildman–Crippen LogP) is 1.26. The maximum absolute atomic E-state index is 9.38. The van der Waals surface area contributed by atoms with Gasteiger partial charge in [-0.1, -0.05) is 13.8 Å². The van der Waals surface area contributed by atoms with Crippen molar-refractivity contribution in [2.75, 3.05) is 32.8 Å². The van der Waals surface area contributed by atoms with Gasteiger partial charge in [0, 0.05) is 19.7 Å². The number of nitrogens with zero attached hydrogens (tertiary/aromatic N) is 1. The minimum Gasteiger partial charge on any atom is -0.393 e. The van der Waals surface area contributed by atoms with Crippen LogP contribution in [-0.4, -0.2) is 48.5 Å². The molecule has 1 N–H and O–H groups in total. The Morgan fingerprint density at radius 1 is 1.29 bits per heavy atom. The third-order valence-corrected chi connectivity index (χ3v) is 3.12. The molecule has 0 aromatic carbocycles. The molecule has 0 saturated carbocycles. The molecule has 0 aliphatic carbocycles. The SMILES string of the molecule is CCCOC1(CO)CCN(CC)CC1. The van der Waals surface area contributed by atoms with Crippen LogP contribution in [0.25, 0.3) is 0 Å².